The first-order valence-corrected chi connectivity index (χ1v) is 8.49. The third-order valence-electron chi connectivity index (χ3n) is 4.13. The Morgan fingerprint density at radius 3 is 2.90 bits per heavy atom. The molecule has 0 radical (unpaired) electrons. The molecule has 20 heavy (non-hydrogen) atoms. The van der Waals surface area contributed by atoms with Gasteiger partial charge in [0, 0.05) is 30.4 Å². The number of aromatic nitrogens is 1. The lowest BCUT2D eigenvalue weighted by molar-refractivity contribution is 0.0957. The number of fused-ring (bicyclic) bond motifs is 1. The van der Waals surface area contributed by atoms with Gasteiger partial charge in [0.25, 0.3) is 5.91 Å². The lowest BCUT2D eigenvalue weighted by atomic mass is 10.2. The SMILES string of the molecule is CCCCNC(=O)c1cc2cn(C3CCCC3)cc2s1. The maximum atomic E-state index is 12.0. The number of carbonyl (C=O) groups excluding carboxylic acids is 1. The molecule has 0 unspecified atom stereocenters. The summed E-state index contributed by atoms with van der Waals surface area (Å²) < 4.78 is 3.59. The number of carbonyl (C=O) groups is 1. The number of rotatable bonds is 5. The molecule has 0 aliphatic heterocycles. The molecule has 4 heteroatoms. The molecule has 2 aromatic rings. The van der Waals surface area contributed by atoms with E-state index in [0.717, 1.165) is 24.3 Å². The van der Waals surface area contributed by atoms with Crippen molar-refractivity contribution in [1.29, 1.82) is 0 Å². The molecule has 1 aliphatic rings. The second-order valence-electron chi connectivity index (χ2n) is 5.68. The maximum absolute atomic E-state index is 12.0. The average molecular weight is 290 g/mol. The minimum Gasteiger partial charge on any atom is -0.351 e. The van der Waals surface area contributed by atoms with Gasteiger partial charge in [0.1, 0.15) is 0 Å². The zero-order valence-electron chi connectivity index (χ0n) is 12.0. The fourth-order valence-electron chi connectivity index (χ4n) is 2.95. The van der Waals surface area contributed by atoms with E-state index < -0.39 is 0 Å². The summed E-state index contributed by atoms with van der Waals surface area (Å²) in [4.78, 5) is 12.9. The molecule has 0 aromatic carbocycles. The Morgan fingerprint density at radius 1 is 1.40 bits per heavy atom. The predicted octanol–water partition coefficient (Wildman–Crippen LogP) is 4.35. The molecule has 0 atom stereocenters. The molecule has 2 heterocycles. The van der Waals surface area contributed by atoms with Crippen LogP contribution < -0.4 is 5.32 Å². The summed E-state index contributed by atoms with van der Waals surface area (Å²) in [6.45, 7) is 2.91. The Kier molecular flexibility index (Phi) is 4.10. The number of amides is 1. The Hall–Kier alpha value is -1.29. The Bertz CT molecular complexity index is 561. The molecule has 1 saturated carbocycles. The van der Waals surface area contributed by atoms with E-state index in [0.29, 0.717) is 6.04 Å². The van der Waals surface area contributed by atoms with Crippen molar-refractivity contribution in [3.05, 3.63) is 23.3 Å². The van der Waals surface area contributed by atoms with Gasteiger partial charge in [-0.15, -0.1) is 11.3 Å². The first-order chi connectivity index (χ1) is 9.78. The molecule has 1 fully saturated rings. The molecule has 108 valence electrons. The van der Waals surface area contributed by atoms with Crippen molar-refractivity contribution in [3.8, 4) is 0 Å². The molecule has 2 aromatic heterocycles. The minimum atomic E-state index is 0.0760. The molecule has 0 bridgehead atoms. The number of unbranched alkanes of at least 4 members (excludes halogenated alkanes) is 1. The average Bonchev–Trinajstić information content (AvgIpc) is 3.13. The van der Waals surface area contributed by atoms with E-state index in [1.807, 2.05) is 6.07 Å². The van der Waals surface area contributed by atoms with E-state index >= 15 is 0 Å². The molecule has 3 nitrogen and oxygen atoms in total. The van der Waals surface area contributed by atoms with Gasteiger partial charge in [0.2, 0.25) is 0 Å². The van der Waals surface area contributed by atoms with Gasteiger partial charge in [-0.3, -0.25) is 4.79 Å². The number of hydrogen-bond acceptors (Lipinski definition) is 2. The van der Waals surface area contributed by atoms with Crippen molar-refractivity contribution in [2.45, 2.75) is 51.5 Å². The Morgan fingerprint density at radius 2 is 2.20 bits per heavy atom. The fourth-order valence-corrected chi connectivity index (χ4v) is 3.94. The lowest BCUT2D eigenvalue weighted by Crippen LogP contribution is -2.23. The van der Waals surface area contributed by atoms with Gasteiger partial charge >= 0.3 is 0 Å². The third-order valence-corrected chi connectivity index (χ3v) is 5.22. The molecular weight excluding hydrogens is 268 g/mol. The van der Waals surface area contributed by atoms with E-state index in [4.69, 9.17) is 0 Å². The van der Waals surface area contributed by atoms with Crippen molar-refractivity contribution in [3.63, 3.8) is 0 Å². The Balaban J connectivity index is 1.71. The zero-order chi connectivity index (χ0) is 13.9. The summed E-state index contributed by atoms with van der Waals surface area (Å²) in [7, 11) is 0. The van der Waals surface area contributed by atoms with Crippen LogP contribution in [0.15, 0.2) is 18.5 Å². The first kappa shape index (κ1) is 13.7. The monoisotopic (exact) mass is 290 g/mol. The minimum absolute atomic E-state index is 0.0760. The number of nitrogens with zero attached hydrogens (tertiary/aromatic N) is 1. The smallest absolute Gasteiger partial charge is 0.261 e. The van der Waals surface area contributed by atoms with Crippen molar-refractivity contribution >= 4 is 27.3 Å². The van der Waals surface area contributed by atoms with Crippen LogP contribution in [0.4, 0.5) is 0 Å². The predicted molar refractivity (Wildman–Crippen MR) is 84.6 cm³/mol. The summed E-state index contributed by atoms with van der Waals surface area (Å²) in [5, 5.41) is 4.20. The Labute approximate surface area is 124 Å². The second kappa shape index (κ2) is 6.00. The van der Waals surface area contributed by atoms with Crippen LogP contribution in [0.25, 0.3) is 10.1 Å². The number of thiophene rings is 1. The quantitative estimate of drug-likeness (QED) is 0.816. The van der Waals surface area contributed by atoms with Gasteiger partial charge in [0.05, 0.1) is 9.58 Å². The van der Waals surface area contributed by atoms with Gasteiger partial charge in [-0.2, -0.15) is 0 Å². The lowest BCUT2D eigenvalue weighted by Gasteiger charge is -2.10. The van der Waals surface area contributed by atoms with E-state index in [2.05, 4.69) is 29.2 Å². The normalized spacial score (nSPS) is 16.1. The highest BCUT2D eigenvalue weighted by Crippen LogP contribution is 2.34. The van der Waals surface area contributed by atoms with Crippen LogP contribution in [-0.4, -0.2) is 17.0 Å². The largest absolute Gasteiger partial charge is 0.351 e. The summed E-state index contributed by atoms with van der Waals surface area (Å²) in [5.41, 5.74) is 0. The second-order valence-corrected chi connectivity index (χ2v) is 6.77. The molecular formula is C16H22N2OS. The van der Waals surface area contributed by atoms with Crippen LogP contribution in [0.2, 0.25) is 0 Å². The van der Waals surface area contributed by atoms with Crippen LogP contribution >= 0.6 is 11.3 Å². The standard InChI is InChI=1S/C16H22N2OS/c1-2-3-8-17-16(19)14-9-12-10-18(11-15(12)20-14)13-6-4-5-7-13/h9-11,13H,2-8H2,1H3,(H,17,19). The third kappa shape index (κ3) is 2.75. The number of nitrogens with one attached hydrogen (secondary N) is 1. The molecule has 0 saturated heterocycles. The van der Waals surface area contributed by atoms with Crippen LogP contribution in [0, 0.1) is 0 Å². The van der Waals surface area contributed by atoms with E-state index in [9.17, 15) is 4.79 Å². The van der Waals surface area contributed by atoms with Gasteiger partial charge in [-0.1, -0.05) is 26.2 Å². The maximum Gasteiger partial charge on any atom is 0.261 e. The van der Waals surface area contributed by atoms with Crippen molar-refractivity contribution in [2.75, 3.05) is 6.54 Å². The fraction of sp³-hybridized carbons (Fsp3) is 0.562. The van der Waals surface area contributed by atoms with Crippen LogP contribution in [0.3, 0.4) is 0 Å². The highest BCUT2D eigenvalue weighted by Gasteiger charge is 2.18. The first-order valence-electron chi connectivity index (χ1n) is 7.67. The van der Waals surface area contributed by atoms with Crippen LogP contribution in [0.5, 0.6) is 0 Å². The van der Waals surface area contributed by atoms with E-state index in [-0.39, 0.29) is 5.91 Å². The van der Waals surface area contributed by atoms with Crippen molar-refractivity contribution in [1.82, 2.24) is 9.88 Å². The van der Waals surface area contributed by atoms with Gasteiger partial charge < -0.3 is 9.88 Å². The summed E-state index contributed by atoms with van der Waals surface area (Å²) in [5.74, 6) is 0.0760. The van der Waals surface area contributed by atoms with Gasteiger partial charge in [-0.05, 0) is 25.3 Å². The van der Waals surface area contributed by atoms with Gasteiger partial charge in [-0.25, -0.2) is 0 Å². The molecule has 0 spiro atoms. The molecule has 1 aliphatic carbocycles. The van der Waals surface area contributed by atoms with Crippen molar-refractivity contribution in [2.24, 2.45) is 0 Å². The highest BCUT2D eigenvalue weighted by molar-refractivity contribution is 7.20. The van der Waals surface area contributed by atoms with Crippen LogP contribution in [0.1, 0.15) is 61.2 Å². The van der Waals surface area contributed by atoms with E-state index in [1.54, 1.807) is 11.3 Å². The molecule has 1 amide bonds. The van der Waals surface area contributed by atoms with Crippen LogP contribution in [-0.2, 0) is 0 Å². The molecule has 1 N–H and O–H groups in total. The highest BCUT2D eigenvalue weighted by atomic mass is 32.1. The molecule has 3 rings (SSSR count). The van der Waals surface area contributed by atoms with Crippen molar-refractivity contribution < 1.29 is 4.79 Å². The van der Waals surface area contributed by atoms with E-state index in [1.165, 1.54) is 35.8 Å². The number of hydrogen-bond donors (Lipinski definition) is 1. The van der Waals surface area contributed by atoms with Gasteiger partial charge in [0.15, 0.2) is 0 Å². The topological polar surface area (TPSA) is 34.0 Å². The summed E-state index contributed by atoms with van der Waals surface area (Å²) >= 11 is 1.61. The summed E-state index contributed by atoms with van der Waals surface area (Å²) in [6, 6.07) is 2.71. The summed E-state index contributed by atoms with van der Waals surface area (Å²) in [6.07, 6.45) is 11.9. The zero-order valence-corrected chi connectivity index (χ0v) is 12.8.